The van der Waals surface area contributed by atoms with Crippen LogP contribution in [0, 0.1) is 0 Å². The second-order valence-corrected chi connectivity index (χ2v) is 6.79. The zero-order valence-electron chi connectivity index (χ0n) is 14.1. The lowest BCUT2D eigenvalue weighted by Gasteiger charge is -2.28. The molecule has 3 aliphatic rings. The van der Waals surface area contributed by atoms with Gasteiger partial charge >= 0.3 is 5.97 Å². The number of fused-ring (bicyclic) bond motifs is 1. The molecule has 0 amide bonds. The predicted molar refractivity (Wildman–Crippen MR) is 75.4 cm³/mol. The van der Waals surface area contributed by atoms with Crippen molar-refractivity contribution in [2.24, 2.45) is 0 Å². The van der Waals surface area contributed by atoms with Gasteiger partial charge in [0.15, 0.2) is 17.9 Å². The molecule has 0 aromatic rings. The van der Waals surface area contributed by atoms with Gasteiger partial charge in [0.25, 0.3) is 0 Å². The molecule has 3 aliphatic heterocycles. The molecule has 0 spiro atoms. The third-order valence-corrected chi connectivity index (χ3v) is 4.05. The highest BCUT2D eigenvalue weighted by Crippen LogP contribution is 2.41. The lowest BCUT2D eigenvalue weighted by molar-refractivity contribution is -0.236. The van der Waals surface area contributed by atoms with Crippen molar-refractivity contribution in [1.29, 1.82) is 0 Å². The molecule has 0 radical (unpaired) electrons. The fourth-order valence-electron chi connectivity index (χ4n) is 3.09. The number of carbonyl (C=O) groups excluding carboxylic acids is 1. The predicted octanol–water partition coefficient (Wildman–Crippen LogP) is 0.572. The molecule has 3 saturated heterocycles. The summed E-state index contributed by atoms with van der Waals surface area (Å²) in [4.78, 5) is 11.4. The number of hydrogen-bond acceptors (Lipinski definition) is 8. The van der Waals surface area contributed by atoms with Crippen LogP contribution in [0.3, 0.4) is 0 Å². The summed E-state index contributed by atoms with van der Waals surface area (Å²) >= 11 is 0. The van der Waals surface area contributed by atoms with Crippen molar-refractivity contribution in [2.75, 3.05) is 20.3 Å². The molecule has 8 heteroatoms. The minimum Gasteiger partial charge on any atom is -0.467 e. The second-order valence-electron chi connectivity index (χ2n) is 6.79. The lowest BCUT2D eigenvalue weighted by atomic mass is 10.1. The normalized spacial score (nSPS) is 41.0. The van der Waals surface area contributed by atoms with Crippen molar-refractivity contribution < 1.29 is 38.0 Å². The number of carbonyl (C=O) groups is 1. The number of esters is 1. The summed E-state index contributed by atoms with van der Waals surface area (Å²) in [7, 11) is 1.31. The second kappa shape index (κ2) is 5.94. The minimum atomic E-state index is -0.764. The Morgan fingerprint density at radius 3 is 2.43 bits per heavy atom. The molecule has 0 aromatic heterocycles. The van der Waals surface area contributed by atoms with E-state index < -0.39 is 42.1 Å². The van der Waals surface area contributed by atoms with E-state index in [2.05, 4.69) is 4.74 Å². The fraction of sp³-hybridized carbons (Fsp3) is 0.933. The largest absolute Gasteiger partial charge is 0.467 e. The molecule has 0 bridgehead atoms. The van der Waals surface area contributed by atoms with Gasteiger partial charge in [-0.25, -0.2) is 4.79 Å². The summed E-state index contributed by atoms with van der Waals surface area (Å²) in [5, 5.41) is 0. The molecular weight excluding hydrogens is 308 g/mol. The van der Waals surface area contributed by atoms with E-state index in [9.17, 15) is 4.79 Å². The molecule has 132 valence electrons. The molecule has 5 atom stereocenters. The van der Waals surface area contributed by atoms with Crippen molar-refractivity contribution in [2.45, 2.75) is 70.0 Å². The van der Waals surface area contributed by atoms with Gasteiger partial charge in [0.1, 0.15) is 31.0 Å². The van der Waals surface area contributed by atoms with Crippen molar-refractivity contribution in [3.63, 3.8) is 0 Å². The van der Waals surface area contributed by atoms with Gasteiger partial charge in [0, 0.05) is 0 Å². The van der Waals surface area contributed by atoms with E-state index in [1.807, 2.05) is 13.8 Å². The van der Waals surface area contributed by atoms with Gasteiger partial charge in [-0.1, -0.05) is 0 Å². The standard InChI is InChI=1S/C15H24O8/c1-14(2)19-6-8(21-14)10-11(18-7-9(16)17-5)12-13(20-10)23-15(3,4)22-12/h8,10-13H,6-7H2,1-5H3/t8-,10-,11+,12-,13-/m1/s1. The van der Waals surface area contributed by atoms with Gasteiger partial charge in [-0.15, -0.1) is 0 Å². The van der Waals surface area contributed by atoms with E-state index >= 15 is 0 Å². The number of methoxy groups -OCH3 is 1. The lowest BCUT2D eigenvalue weighted by Crippen LogP contribution is -2.44. The molecule has 3 rings (SSSR count). The van der Waals surface area contributed by atoms with E-state index in [0.29, 0.717) is 6.61 Å². The van der Waals surface area contributed by atoms with Crippen molar-refractivity contribution >= 4 is 5.97 Å². The van der Waals surface area contributed by atoms with E-state index in [1.165, 1.54) is 7.11 Å². The van der Waals surface area contributed by atoms with Gasteiger partial charge in [-0.05, 0) is 27.7 Å². The monoisotopic (exact) mass is 332 g/mol. The molecule has 3 fully saturated rings. The van der Waals surface area contributed by atoms with Gasteiger partial charge in [0.2, 0.25) is 0 Å². The topological polar surface area (TPSA) is 81.7 Å². The van der Waals surface area contributed by atoms with Crippen LogP contribution in [0.2, 0.25) is 0 Å². The molecule has 8 nitrogen and oxygen atoms in total. The van der Waals surface area contributed by atoms with Crippen LogP contribution in [0.4, 0.5) is 0 Å². The van der Waals surface area contributed by atoms with E-state index in [1.54, 1.807) is 13.8 Å². The Morgan fingerprint density at radius 1 is 1.09 bits per heavy atom. The van der Waals surface area contributed by atoms with Crippen LogP contribution < -0.4 is 0 Å². The van der Waals surface area contributed by atoms with E-state index in [-0.39, 0.29) is 12.7 Å². The van der Waals surface area contributed by atoms with Crippen LogP contribution in [0.25, 0.3) is 0 Å². The maximum Gasteiger partial charge on any atom is 0.331 e. The molecule has 0 aliphatic carbocycles. The Morgan fingerprint density at radius 2 is 1.83 bits per heavy atom. The summed E-state index contributed by atoms with van der Waals surface area (Å²) in [6, 6.07) is 0. The first-order chi connectivity index (χ1) is 10.7. The van der Waals surface area contributed by atoms with Gasteiger partial charge in [-0.2, -0.15) is 0 Å². The zero-order chi connectivity index (χ0) is 16.8. The van der Waals surface area contributed by atoms with Crippen LogP contribution in [-0.2, 0) is 38.0 Å². The average Bonchev–Trinajstić information content (AvgIpc) is 3.05. The molecule has 0 aromatic carbocycles. The summed E-state index contributed by atoms with van der Waals surface area (Å²) in [6.45, 7) is 7.47. The average molecular weight is 332 g/mol. The summed E-state index contributed by atoms with van der Waals surface area (Å²) in [6.07, 6.45) is -2.29. The first kappa shape index (κ1) is 17.1. The quantitative estimate of drug-likeness (QED) is 0.691. The smallest absolute Gasteiger partial charge is 0.331 e. The van der Waals surface area contributed by atoms with E-state index in [4.69, 9.17) is 28.4 Å². The number of hydrogen-bond donors (Lipinski definition) is 0. The molecule has 23 heavy (non-hydrogen) atoms. The van der Waals surface area contributed by atoms with Gasteiger partial charge in [-0.3, -0.25) is 0 Å². The SMILES string of the molecule is COC(=O)CO[C@@H]1[C@H]2OC(C)(C)O[C@H]2O[C@@H]1[C@H]1COC(C)(C)O1. The molecule has 0 N–H and O–H groups in total. The maximum absolute atomic E-state index is 11.4. The highest BCUT2D eigenvalue weighted by molar-refractivity contribution is 5.70. The molecular formula is C15H24O8. The Labute approximate surface area is 135 Å². The molecule has 3 heterocycles. The summed E-state index contributed by atoms with van der Waals surface area (Å²) in [5.41, 5.74) is 0. The first-order valence-electron chi connectivity index (χ1n) is 7.72. The highest BCUT2D eigenvalue weighted by Gasteiger charge is 2.59. The third kappa shape index (κ3) is 3.52. The minimum absolute atomic E-state index is 0.189. The zero-order valence-corrected chi connectivity index (χ0v) is 14.1. The van der Waals surface area contributed by atoms with Crippen LogP contribution in [0.15, 0.2) is 0 Å². The van der Waals surface area contributed by atoms with Crippen molar-refractivity contribution in [3.8, 4) is 0 Å². The third-order valence-electron chi connectivity index (χ3n) is 4.05. The van der Waals surface area contributed by atoms with Gasteiger partial charge < -0.3 is 33.2 Å². The van der Waals surface area contributed by atoms with Gasteiger partial charge in [0.05, 0.1) is 13.7 Å². The fourth-order valence-corrected chi connectivity index (χ4v) is 3.09. The van der Waals surface area contributed by atoms with Crippen LogP contribution in [0.1, 0.15) is 27.7 Å². The van der Waals surface area contributed by atoms with E-state index in [0.717, 1.165) is 0 Å². The number of rotatable bonds is 4. The Balaban J connectivity index is 1.72. The Hall–Kier alpha value is -0.770. The molecule has 0 saturated carbocycles. The Kier molecular flexibility index (Phi) is 4.41. The first-order valence-corrected chi connectivity index (χ1v) is 7.72. The van der Waals surface area contributed by atoms with Crippen LogP contribution in [-0.4, -0.2) is 68.6 Å². The van der Waals surface area contributed by atoms with Crippen LogP contribution in [0.5, 0.6) is 0 Å². The summed E-state index contributed by atoms with van der Waals surface area (Å²) in [5.74, 6) is -1.91. The number of ether oxygens (including phenoxy) is 7. The van der Waals surface area contributed by atoms with Crippen molar-refractivity contribution in [3.05, 3.63) is 0 Å². The molecule has 0 unspecified atom stereocenters. The summed E-state index contributed by atoms with van der Waals surface area (Å²) < 4.78 is 39.4. The highest BCUT2D eigenvalue weighted by atomic mass is 16.8. The van der Waals surface area contributed by atoms with Crippen LogP contribution >= 0.6 is 0 Å². The maximum atomic E-state index is 11.4. The van der Waals surface area contributed by atoms with Crippen molar-refractivity contribution in [1.82, 2.24) is 0 Å². The Bertz CT molecular complexity index is 462.